The molecule has 0 aromatic heterocycles. The molecule has 0 aromatic rings. The van der Waals surface area contributed by atoms with Crippen LogP contribution < -0.4 is 11.1 Å². The molecule has 2 unspecified atom stereocenters. The third-order valence-electron chi connectivity index (χ3n) is 5.11. The number of carbonyl (C=O) groups excluding carboxylic acids is 1. The molecule has 1 saturated carbocycles. The van der Waals surface area contributed by atoms with E-state index in [1.807, 2.05) is 6.92 Å². The van der Waals surface area contributed by atoms with E-state index in [0.29, 0.717) is 12.1 Å². The second-order valence-electron chi connectivity index (χ2n) is 6.99. The molecule has 1 aliphatic carbocycles. The minimum atomic E-state index is -0.603. The van der Waals surface area contributed by atoms with Gasteiger partial charge in [-0.15, -0.1) is 0 Å². The van der Waals surface area contributed by atoms with Crippen LogP contribution in [0, 0.1) is 0 Å². The van der Waals surface area contributed by atoms with Gasteiger partial charge in [-0.25, -0.2) is 0 Å². The summed E-state index contributed by atoms with van der Waals surface area (Å²) in [7, 11) is 2.21. The molecule has 1 aliphatic rings. The Balaban J connectivity index is 2.62. The van der Waals surface area contributed by atoms with Gasteiger partial charge in [0.15, 0.2) is 0 Å². The van der Waals surface area contributed by atoms with Gasteiger partial charge < -0.3 is 16.0 Å². The van der Waals surface area contributed by atoms with Crippen LogP contribution in [0.5, 0.6) is 0 Å². The standard InChI is InChI=1S/C17H35N3O/c1-5-12-19-17(3,16(18)21)13-14(2)20(4)15-10-8-6-7-9-11-15/h14-15,19H,5-13H2,1-4H3,(H2,18,21). The van der Waals surface area contributed by atoms with Gasteiger partial charge in [0.2, 0.25) is 5.91 Å². The molecule has 0 spiro atoms. The van der Waals surface area contributed by atoms with Crippen LogP contribution in [0.4, 0.5) is 0 Å². The van der Waals surface area contributed by atoms with Crippen LogP contribution in [0.25, 0.3) is 0 Å². The van der Waals surface area contributed by atoms with Crippen molar-refractivity contribution in [3.8, 4) is 0 Å². The second-order valence-corrected chi connectivity index (χ2v) is 6.99. The molecular weight excluding hydrogens is 262 g/mol. The van der Waals surface area contributed by atoms with Crippen LogP contribution in [0.2, 0.25) is 0 Å². The highest BCUT2D eigenvalue weighted by Crippen LogP contribution is 2.25. The number of hydrogen-bond acceptors (Lipinski definition) is 3. The molecule has 21 heavy (non-hydrogen) atoms. The minimum Gasteiger partial charge on any atom is -0.368 e. The van der Waals surface area contributed by atoms with E-state index in [2.05, 4.69) is 31.1 Å². The number of primary amides is 1. The molecule has 0 aromatic carbocycles. The number of amides is 1. The molecule has 3 N–H and O–H groups in total. The Bertz CT molecular complexity index is 313. The van der Waals surface area contributed by atoms with Crippen molar-refractivity contribution in [1.82, 2.24) is 10.2 Å². The lowest BCUT2D eigenvalue weighted by Crippen LogP contribution is -2.56. The average Bonchev–Trinajstić information content (AvgIpc) is 2.73. The van der Waals surface area contributed by atoms with Crippen molar-refractivity contribution in [3.63, 3.8) is 0 Å². The van der Waals surface area contributed by atoms with E-state index in [-0.39, 0.29) is 5.91 Å². The Hall–Kier alpha value is -0.610. The maximum Gasteiger partial charge on any atom is 0.237 e. The fourth-order valence-electron chi connectivity index (χ4n) is 3.42. The molecule has 0 aliphatic heterocycles. The first-order valence-corrected chi connectivity index (χ1v) is 8.67. The van der Waals surface area contributed by atoms with Crippen molar-refractivity contribution in [3.05, 3.63) is 0 Å². The van der Waals surface area contributed by atoms with Crippen molar-refractivity contribution in [2.45, 2.75) is 89.8 Å². The molecule has 1 fully saturated rings. The van der Waals surface area contributed by atoms with Crippen LogP contribution in [-0.2, 0) is 4.79 Å². The monoisotopic (exact) mass is 297 g/mol. The van der Waals surface area contributed by atoms with Crippen LogP contribution in [0.3, 0.4) is 0 Å². The van der Waals surface area contributed by atoms with E-state index in [1.165, 1.54) is 38.5 Å². The molecule has 0 heterocycles. The molecule has 2 atom stereocenters. The molecule has 1 rings (SSSR count). The number of carbonyl (C=O) groups is 1. The highest BCUT2D eigenvalue weighted by molar-refractivity contribution is 5.84. The van der Waals surface area contributed by atoms with Gasteiger partial charge in [-0.2, -0.15) is 0 Å². The van der Waals surface area contributed by atoms with Crippen molar-refractivity contribution < 1.29 is 4.79 Å². The normalized spacial score (nSPS) is 21.8. The zero-order valence-electron chi connectivity index (χ0n) is 14.5. The van der Waals surface area contributed by atoms with E-state index < -0.39 is 5.54 Å². The smallest absolute Gasteiger partial charge is 0.237 e. The predicted octanol–water partition coefficient (Wildman–Crippen LogP) is 2.66. The lowest BCUT2D eigenvalue weighted by Gasteiger charge is -2.38. The molecule has 4 nitrogen and oxygen atoms in total. The van der Waals surface area contributed by atoms with Gasteiger partial charge in [-0.3, -0.25) is 4.79 Å². The van der Waals surface area contributed by atoms with Gasteiger partial charge in [0.25, 0.3) is 0 Å². The fraction of sp³-hybridized carbons (Fsp3) is 0.941. The Labute approximate surface area is 130 Å². The Morgan fingerprint density at radius 1 is 1.33 bits per heavy atom. The van der Waals surface area contributed by atoms with Gasteiger partial charge in [-0.05, 0) is 53.1 Å². The van der Waals surface area contributed by atoms with Gasteiger partial charge in [0.05, 0.1) is 5.54 Å². The van der Waals surface area contributed by atoms with Crippen molar-refractivity contribution >= 4 is 5.91 Å². The Kier molecular flexibility index (Phi) is 7.67. The van der Waals surface area contributed by atoms with Crippen molar-refractivity contribution in [2.24, 2.45) is 5.73 Å². The molecule has 0 radical (unpaired) electrons. The zero-order valence-corrected chi connectivity index (χ0v) is 14.5. The second kappa shape index (κ2) is 8.74. The summed E-state index contributed by atoms with van der Waals surface area (Å²) in [6.07, 6.45) is 9.77. The van der Waals surface area contributed by atoms with Crippen LogP contribution in [0.1, 0.15) is 72.1 Å². The quantitative estimate of drug-likeness (QED) is 0.677. The Morgan fingerprint density at radius 2 is 1.90 bits per heavy atom. The summed E-state index contributed by atoms with van der Waals surface area (Å²) in [5, 5.41) is 3.35. The van der Waals surface area contributed by atoms with E-state index in [0.717, 1.165) is 19.4 Å². The molecular formula is C17H35N3O. The van der Waals surface area contributed by atoms with Gasteiger partial charge in [0, 0.05) is 12.1 Å². The fourth-order valence-corrected chi connectivity index (χ4v) is 3.42. The maximum absolute atomic E-state index is 11.9. The van der Waals surface area contributed by atoms with E-state index in [1.54, 1.807) is 0 Å². The SMILES string of the molecule is CCCNC(C)(CC(C)N(C)C1CCCCCC1)C(N)=O. The number of nitrogens with two attached hydrogens (primary N) is 1. The topological polar surface area (TPSA) is 58.4 Å². The third-order valence-corrected chi connectivity index (χ3v) is 5.11. The van der Waals surface area contributed by atoms with Crippen molar-refractivity contribution in [2.75, 3.05) is 13.6 Å². The maximum atomic E-state index is 11.9. The van der Waals surface area contributed by atoms with Crippen molar-refractivity contribution in [1.29, 1.82) is 0 Å². The summed E-state index contributed by atoms with van der Waals surface area (Å²) in [5.74, 6) is -0.239. The Morgan fingerprint density at radius 3 is 2.38 bits per heavy atom. The highest BCUT2D eigenvalue weighted by Gasteiger charge is 2.34. The van der Waals surface area contributed by atoms with Crippen LogP contribution in [-0.4, -0.2) is 42.0 Å². The van der Waals surface area contributed by atoms with Gasteiger partial charge in [-0.1, -0.05) is 32.6 Å². The number of hydrogen-bond donors (Lipinski definition) is 2. The summed E-state index contributed by atoms with van der Waals surface area (Å²) >= 11 is 0. The van der Waals surface area contributed by atoms with Crippen LogP contribution in [0.15, 0.2) is 0 Å². The number of nitrogens with one attached hydrogen (secondary N) is 1. The summed E-state index contributed by atoms with van der Waals surface area (Å²) in [6, 6.07) is 1.01. The van der Waals surface area contributed by atoms with E-state index in [4.69, 9.17) is 5.73 Å². The van der Waals surface area contributed by atoms with Crippen LogP contribution >= 0.6 is 0 Å². The first-order valence-electron chi connectivity index (χ1n) is 8.67. The number of nitrogens with zero attached hydrogens (tertiary/aromatic N) is 1. The molecule has 4 heteroatoms. The lowest BCUT2D eigenvalue weighted by molar-refractivity contribution is -0.124. The molecule has 124 valence electrons. The molecule has 0 saturated heterocycles. The highest BCUT2D eigenvalue weighted by atomic mass is 16.1. The number of rotatable bonds is 8. The molecule has 0 bridgehead atoms. The zero-order chi connectivity index (χ0) is 15.9. The lowest BCUT2D eigenvalue weighted by atomic mass is 9.91. The third kappa shape index (κ3) is 5.59. The predicted molar refractivity (Wildman–Crippen MR) is 89.2 cm³/mol. The van der Waals surface area contributed by atoms with Gasteiger partial charge in [0.1, 0.15) is 0 Å². The van der Waals surface area contributed by atoms with E-state index >= 15 is 0 Å². The molecule has 1 amide bonds. The summed E-state index contributed by atoms with van der Waals surface area (Å²) in [6.45, 7) is 7.11. The summed E-state index contributed by atoms with van der Waals surface area (Å²) in [4.78, 5) is 14.3. The summed E-state index contributed by atoms with van der Waals surface area (Å²) < 4.78 is 0. The van der Waals surface area contributed by atoms with Gasteiger partial charge >= 0.3 is 0 Å². The van der Waals surface area contributed by atoms with E-state index in [9.17, 15) is 4.79 Å². The average molecular weight is 297 g/mol. The summed E-state index contributed by atoms with van der Waals surface area (Å²) in [5.41, 5.74) is 5.04. The minimum absolute atomic E-state index is 0.239. The largest absolute Gasteiger partial charge is 0.368 e. The first kappa shape index (κ1) is 18.4. The first-order chi connectivity index (χ1) is 9.90.